The zero-order valence-corrected chi connectivity index (χ0v) is 11.9. The Hall–Kier alpha value is -1.78. The number of nitrogens with zero attached hydrogens (tertiary/aromatic N) is 1. The maximum atomic E-state index is 12.2. The maximum Gasteiger partial charge on any atom is 0.274 e. The third-order valence-electron chi connectivity index (χ3n) is 3.76. The Morgan fingerprint density at radius 3 is 2.60 bits per heavy atom. The molecule has 0 aromatic carbocycles. The Balaban J connectivity index is 2.03. The molecule has 1 aliphatic rings. The maximum absolute atomic E-state index is 12.2. The second kappa shape index (κ2) is 7.12. The van der Waals surface area contributed by atoms with Gasteiger partial charge in [0.1, 0.15) is 0 Å². The van der Waals surface area contributed by atoms with Crippen LogP contribution in [0.1, 0.15) is 55.4 Å². The highest BCUT2D eigenvalue weighted by molar-refractivity contribution is 5.95. The standard InChI is InChI=1S/C15H22N2O3/c1-20-12-9-10-16-13(14(12)18)15(19)17-11-7-5-3-2-4-6-8-11/h9-11,18H,2-8H2,1H3,(H,17,19). The van der Waals surface area contributed by atoms with E-state index in [0.717, 1.165) is 25.7 Å². The number of carbonyl (C=O) groups is 1. The van der Waals surface area contributed by atoms with E-state index >= 15 is 0 Å². The second-order valence-corrected chi connectivity index (χ2v) is 5.23. The number of methoxy groups -OCH3 is 1. The molecule has 1 heterocycles. The van der Waals surface area contributed by atoms with Crippen molar-refractivity contribution in [3.63, 3.8) is 0 Å². The molecule has 1 aromatic heterocycles. The van der Waals surface area contributed by atoms with Crippen LogP contribution in [0.3, 0.4) is 0 Å². The van der Waals surface area contributed by atoms with Gasteiger partial charge in [-0.05, 0) is 12.8 Å². The van der Waals surface area contributed by atoms with Crippen LogP contribution in [0.5, 0.6) is 11.5 Å². The van der Waals surface area contributed by atoms with Crippen molar-refractivity contribution < 1.29 is 14.6 Å². The summed E-state index contributed by atoms with van der Waals surface area (Å²) >= 11 is 0. The van der Waals surface area contributed by atoms with E-state index in [1.807, 2.05) is 0 Å². The van der Waals surface area contributed by atoms with Gasteiger partial charge in [-0.3, -0.25) is 4.79 Å². The summed E-state index contributed by atoms with van der Waals surface area (Å²) < 4.78 is 4.99. The summed E-state index contributed by atoms with van der Waals surface area (Å²) in [4.78, 5) is 16.2. The zero-order chi connectivity index (χ0) is 14.4. The molecule has 0 radical (unpaired) electrons. The molecule has 110 valence electrons. The van der Waals surface area contributed by atoms with Gasteiger partial charge in [0.15, 0.2) is 17.2 Å². The summed E-state index contributed by atoms with van der Waals surface area (Å²) in [6, 6.07) is 1.71. The van der Waals surface area contributed by atoms with Gasteiger partial charge in [0.05, 0.1) is 7.11 Å². The number of hydrogen-bond donors (Lipinski definition) is 2. The van der Waals surface area contributed by atoms with Crippen molar-refractivity contribution in [2.24, 2.45) is 0 Å². The quantitative estimate of drug-likeness (QED) is 0.891. The van der Waals surface area contributed by atoms with E-state index in [9.17, 15) is 9.90 Å². The molecule has 1 aliphatic carbocycles. The first-order valence-corrected chi connectivity index (χ1v) is 7.25. The molecule has 5 heteroatoms. The highest BCUT2D eigenvalue weighted by atomic mass is 16.5. The van der Waals surface area contributed by atoms with Crippen LogP contribution < -0.4 is 10.1 Å². The number of pyridine rings is 1. The Morgan fingerprint density at radius 2 is 1.95 bits per heavy atom. The van der Waals surface area contributed by atoms with E-state index in [0.29, 0.717) is 0 Å². The SMILES string of the molecule is COc1ccnc(C(=O)NC2CCCCCCC2)c1O. The molecule has 0 aliphatic heterocycles. The minimum atomic E-state index is -0.327. The molecule has 0 atom stereocenters. The van der Waals surface area contributed by atoms with Gasteiger partial charge in [-0.15, -0.1) is 0 Å². The molecular weight excluding hydrogens is 256 g/mol. The van der Waals surface area contributed by atoms with E-state index in [4.69, 9.17) is 4.74 Å². The number of carbonyl (C=O) groups excluding carboxylic acids is 1. The number of nitrogens with one attached hydrogen (secondary N) is 1. The molecule has 5 nitrogen and oxygen atoms in total. The van der Waals surface area contributed by atoms with Gasteiger partial charge < -0.3 is 15.2 Å². The fourth-order valence-electron chi connectivity index (χ4n) is 2.62. The van der Waals surface area contributed by atoms with Crippen molar-refractivity contribution in [3.05, 3.63) is 18.0 Å². The van der Waals surface area contributed by atoms with Gasteiger partial charge in [-0.25, -0.2) is 4.98 Å². The Morgan fingerprint density at radius 1 is 1.30 bits per heavy atom. The monoisotopic (exact) mass is 278 g/mol. The van der Waals surface area contributed by atoms with Crippen LogP contribution in [0.2, 0.25) is 0 Å². The van der Waals surface area contributed by atoms with E-state index in [1.165, 1.54) is 38.6 Å². The topological polar surface area (TPSA) is 71.5 Å². The van der Waals surface area contributed by atoms with Crippen LogP contribution >= 0.6 is 0 Å². The van der Waals surface area contributed by atoms with E-state index in [1.54, 1.807) is 0 Å². The first-order chi connectivity index (χ1) is 9.72. The van der Waals surface area contributed by atoms with Gasteiger partial charge in [-0.1, -0.05) is 32.1 Å². The highest BCUT2D eigenvalue weighted by Crippen LogP contribution is 2.27. The lowest BCUT2D eigenvalue weighted by molar-refractivity contribution is 0.0921. The van der Waals surface area contributed by atoms with Crippen LogP contribution in [0.4, 0.5) is 0 Å². The summed E-state index contributed by atoms with van der Waals surface area (Å²) in [6.07, 6.45) is 9.49. The fraction of sp³-hybridized carbons (Fsp3) is 0.600. The average Bonchev–Trinajstić information content (AvgIpc) is 2.41. The molecule has 1 saturated carbocycles. The average molecular weight is 278 g/mol. The number of ether oxygens (including phenoxy) is 1. The fourth-order valence-corrected chi connectivity index (χ4v) is 2.62. The van der Waals surface area contributed by atoms with Gasteiger partial charge in [-0.2, -0.15) is 0 Å². The minimum Gasteiger partial charge on any atom is -0.503 e. The third kappa shape index (κ3) is 3.62. The van der Waals surface area contributed by atoms with Gasteiger partial charge >= 0.3 is 0 Å². The van der Waals surface area contributed by atoms with Crippen LogP contribution in [0.15, 0.2) is 12.3 Å². The lowest BCUT2D eigenvalue weighted by atomic mass is 9.96. The van der Waals surface area contributed by atoms with Crippen molar-refractivity contribution in [2.75, 3.05) is 7.11 Å². The molecule has 1 aromatic rings. The van der Waals surface area contributed by atoms with Crippen molar-refractivity contribution in [1.82, 2.24) is 10.3 Å². The molecule has 20 heavy (non-hydrogen) atoms. The van der Waals surface area contributed by atoms with Crippen molar-refractivity contribution in [3.8, 4) is 11.5 Å². The van der Waals surface area contributed by atoms with Crippen molar-refractivity contribution in [2.45, 2.75) is 51.0 Å². The summed E-state index contributed by atoms with van der Waals surface area (Å²) in [5.74, 6) is -0.256. The molecule has 0 unspecified atom stereocenters. The molecule has 1 amide bonds. The van der Waals surface area contributed by atoms with E-state index < -0.39 is 0 Å². The predicted molar refractivity (Wildman–Crippen MR) is 76.0 cm³/mol. The van der Waals surface area contributed by atoms with Crippen molar-refractivity contribution in [1.29, 1.82) is 0 Å². The van der Waals surface area contributed by atoms with Crippen molar-refractivity contribution >= 4 is 5.91 Å². The van der Waals surface area contributed by atoms with E-state index in [2.05, 4.69) is 10.3 Å². The molecule has 0 saturated heterocycles. The predicted octanol–water partition coefficient (Wildman–Crippen LogP) is 2.64. The van der Waals surface area contributed by atoms with Gasteiger partial charge in [0.25, 0.3) is 5.91 Å². The second-order valence-electron chi connectivity index (χ2n) is 5.23. The summed E-state index contributed by atoms with van der Waals surface area (Å²) in [5, 5.41) is 12.9. The lowest BCUT2D eigenvalue weighted by Gasteiger charge is -2.21. The first-order valence-electron chi connectivity index (χ1n) is 7.25. The number of aromatic hydroxyl groups is 1. The Labute approximate surface area is 119 Å². The molecule has 1 fully saturated rings. The molecule has 0 bridgehead atoms. The highest BCUT2D eigenvalue weighted by Gasteiger charge is 2.20. The molecule has 2 N–H and O–H groups in total. The van der Waals surface area contributed by atoms with Crippen LogP contribution in [-0.4, -0.2) is 29.1 Å². The largest absolute Gasteiger partial charge is 0.503 e. The summed E-state index contributed by atoms with van der Waals surface area (Å²) in [7, 11) is 1.45. The molecular formula is C15H22N2O3. The summed E-state index contributed by atoms with van der Waals surface area (Å²) in [5.41, 5.74) is 0.0337. The Kier molecular flexibility index (Phi) is 5.21. The lowest BCUT2D eigenvalue weighted by Crippen LogP contribution is -2.35. The van der Waals surface area contributed by atoms with Crippen LogP contribution in [0.25, 0.3) is 0 Å². The number of rotatable bonds is 3. The number of amides is 1. The van der Waals surface area contributed by atoms with Gasteiger partial charge in [0.2, 0.25) is 0 Å². The van der Waals surface area contributed by atoms with Gasteiger partial charge in [0, 0.05) is 18.3 Å². The molecule has 2 rings (SSSR count). The first kappa shape index (κ1) is 14.6. The summed E-state index contributed by atoms with van der Waals surface area (Å²) in [6.45, 7) is 0. The smallest absolute Gasteiger partial charge is 0.274 e. The zero-order valence-electron chi connectivity index (χ0n) is 11.9. The number of aromatic nitrogens is 1. The normalized spacial score (nSPS) is 17.1. The molecule has 0 spiro atoms. The minimum absolute atomic E-state index is 0.0337. The number of hydrogen-bond acceptors (Lipinski definition) is 4. The van der Waals surface area contributed by atoms with Crippen LogP contribution in [-0.2, 0) is 0 Å². The van der Waals surface area contributed by atoms with E-state index in [-0.39, 0.29) is 29.1 Å². The van der Waals surface area contributed by atoms with Crippen LogP contribution in [0, 0.1) is 0 Å². The Bertz CT molecular complexity index is 454. The third-order valence-corrected chi connectivity index (χ3v) is 3.76.